The average Bonchev–Trinajstić information content (AvgIpc) is 3.69. The predicted octanol–water partition coefficient (Wildman–Crippen LogP) is 8.22. The number of thioether (sulfide) groups is 1. The van der Waals surface area contributed by atoms with Gasteiger partial charge >= 0.3 is 249 Å². The molecule has 0 saturated heterocycles. The van der Waals surface area contributed by atoms with Crippen LogP contribution in [0.2, 0.25) is 0 Å². The van der Waals surface area contributed by atoms with Gasteiger partial charge in [-0.3, -0.25) is 0 Å². The Labute approximate surface area is 293 Å². The van der Waals surface area contributed by atoms with E-state index in [0.717, 1.165) is 53.3 Å². The van der Waals surface area contributed by atoms with Crippen molar-refractivity contribution in [3.05, 3.63) is 110 Å². The second kappa shape index (κ2) is 16.3. The third-order valence-corrected chi connectivity index (χ3v) is 12.4. The fraction of sp³-hybridized carbons (Fsp3) is 0.343. The quantitative estimate of drug-likeness (QED) is 0.0442. The first-order valence-corrected chi connectivity index (χ1v) is 18.8. The first-order valence-electron chi connectivity index (χ1n) is 16.1. The molecule has 5 rings (SSSR count). The van der Waals surface area contributed by atoms with E-state index in [9.17, 15) is 40.2 Å². The van der Waals surface area contributed by atoms with Gasteiger partial charge in [0.05, 0.1) is 0 Å². The molecule has 12 nitrogen and oxygen atoms in total. The standard InChI is InChI=1S/C35H35N3O9SSe/c1-2-3-4-5-6-7-8-9-10-11-16-47-25-14-12-22(13-15-25)30-21-49-35(48-30)32-26-17-23(36(41)42)19-28(34(39)40)31(26)33-27(32)18-24(37(43)44)20-29(33)38(45)46/h12-15,17-21H,2-11,16H2,1H3,(H,39,40)/p-1/b35-32+. The van der Waals surface area contributed by atoms with E-state index in [1.165, 1.54) is 63.1 Å². The Morgan fingerprint density at radius 1 is 0.755 bits per heavy atom. The molecule has 0 spiro atoms. The summed E-state index contributed by atoms with van der Waals surface area (Å²) in [5.74, 6) is -1.02. The molecule has 49 heavy (non-hydrogen) atoms. The average molecular weight is 752 g/mol. The second-order valence-corrected chi connectivity index (χ2v) is 15.3. The first-order chi connectivity index (χ1) is 23.6. The van der Waals surface area contributed by atoms with Crippen molar-refractivity contribution >= 4 is 60.2 Å². The van der Waals surface area contributed by atoms with E-state index in [1.54, 1.807) is 0 Å². The summed E-state index contributed by atoms with van der Waals surface area (Å²) in [5.41, 5.74) is -1.30. The van der Waals surface area contributed by atoms with Gasteiger partial charge in [0.2, 0.25) is 0 Å². The third-order valence-electron chi connectivity index (χ3n) is 8.44. The van der Waals surface area contributed by atoms with Crippen molar-refractivity contribution in [1.82, 2.24) is 0 Å². The summed E-state index contributed by atoms with van der Waals surface area (Å²) in [7, 11) is 0. The molecule has 3 aromatic rings. The minimum atomic E-state index is -1.76. The molecular weight excluding hydrogens is 717 g/mol. The molecule has 0 aromatic heterocycles. The molecular formula is C35H34N3O9SSe-. The Morgan fingerprint density at radius 3 is 1.90 bits per heavy atom. The number of unbranched alkanes of at least 4 members (excludes halogenated alkanes) is 9. The van der Waals surface area contributed by atoms with E-state index in [-0.39, 0.29) is 37.2 Å². The Hall–Kier alpha value is -4.52. The van der Waals surface area contributed by atoms with Crippen LogP contribution in [0.5, 0.6) is 5.75 Å². The number of fused-ring (bicyclic) bond motifs is 3. The third kappa shape index (κ3) is 8.21. The second-order valence-electron chi connectivity index (χ2n) is 11.8. The zero-order chi connectivity index (χ0) is 35.1. The fourth-order valence-electron chi connectivity index (χ4n) is 6.03. The van der Waals surface area contributed by atoms with Gasteiger partial charge in [0, 0.05) is 0 Å². The number of benzene rings is 3. The molecule has 1 aliphatic carbocycles. The number of aromatic carboxylic acids is 1. The van der Waals surface area contributed by atoms with Crippen molar-refractivity contribution in [3.63, 3.8) is 0 Å². The number of hydrogen-bond acceptors (Lipinski definition) is 10. The minimum absolute atomic E-state index is 0.0774. The van der Waals surface area contributed by atoms with Crippen LogP contribution >= 0.6 is 11.8 Å². The molecule has 0 unspecified atom stereocenters. The summed E-state index contributed by atoms with van der Waals surface area (Å²) in [5, 5.41) is 47.9. The number of ether oxygens (including phenoxy) is 1. The summed E-state index contributed by atoms with van der Waals surface area (Å²) in [6.07, 6.45) is 12.4. The van der Waals surface area contributed by atoms with Gasteiger partial charge in [-0.1, -0.05) is 45.4 Å². The van der Waals surface area contributed by atoms with Gasteiger partial charge in [0.15, 0.2) is 0 Å². The Bertz CT molecular complexity index is 1770. The predicted molar refractivity (Wildman–Crippen MR) is 187 cm³/mol. The van der Waals surface area contributed by atoms with Crippen molar-refractivity contribution in [2.75, 3.05) is 6.61 Å². The molecule has 2 aliphatic rings. The molecule has 0 bridgehead atoms. The molecule has 0 N–H and O–H groups in total. The van der Waals surface area contributed by atoms with E-state index < -0.39 is 43.4 Å². The maximum absolute atomic E-state index is 12.2. The Balaban J connectivity index is 1.35. The van der Waals surface area contributed by atoms with Crippen molar-refractivity contribution in [2.24, 2.45) is 0 Å². The maximum atomic E-state index is 12.2. The number of nitro groups is 3. The van der Waals surface area contributed by atoms with Crippen LogP contribution in [0, 0.1) is 30.3 Å². The van der Waals surface area contributed by atoms with Crippen LogP contribution < -0.4 is 9.84 Å². The molecule has 1 aliphatic heterocycles. The Morgan fingerprint density at radius 2 is 1.33 bits per heavy atom. The molecule has 1 heterocycles. The zero-order valence-corrected chi connectivity index (χ0v) is 29.3. The van der Waals surface area contributed by atoms with Crippen LogP contribution in [0.15, 0.2) is 57.3 Å². The van der Waals surface area contributed by atoms with E-state index in [2.05, 4.69) is 6.92 Å². The van der Waals surface area contributed by atoms with Gasteiger partial charge in [0.25, 0.3) is 0 Å². The van der Waals surface area contributed by atoms with E-state index in [0.29, 0.717) is 16.0 Å². The van der Waals surface area contributed by atoms with Gasteiger partial charge in [0.1, 0.15) is 0 Å². The van der Waals surface area contributed by atoms with Crippen molar-refractivity contribution < 1.29 is 29.4 Å². The molecule has 0 atom stereocenters. The van der Waals surface area contributed by atoms with E-state index in [4.69, 9.17) is 4.74 Å². The van der Waals surface area contributed by atoms with Crippen LogP contribution in [0.4, 0.5) is 17.1 Å². The number of nitro benzene ring substituents is 3. The summed E-state index contributed by atoms with van der Waals surface area (Å²) in [4.78, 5) is 48.4. The first kappa shape index (κ1) is 35.8. The molecule has 14 heteroatoms. The van der Waals surface area contributed by atoms with Crippen LogP contribution in [0.25, 0.3) is 21.6 Å². The molecule has 256 valence electrons. The SMILES string of the molecule is CCCCCCCCCCCCOc1ccc(C2=C[Se]/C(=C3\c4cc([N+](=O)[O-])cc(C(=O)[O-])c4-c4c3cc([N+](=O)[O-])cc4[N+](=O)[O-])S2)cc1. The van der Waals surface area contributed by atoms with Crippen LogP contribution in [0.3, 0.4) is 0 Å². The number of carboxylic acids is 1. The normalized spacial score (nSPS) is 14.7. The number of carboxylic acid groups (broad SMARTS) is 1. The topological polar surface area (TPSA) is 179 Å². The summed E-state index contributed by atoms with van der Waals surface area (Å²) >= 11 is 0.958. The number of carbonyl (C=O) groups excluding carboxylic acids is 1. The van der Waals surface area contributed by atoms with Gasteiger partial charge in [-0.15, -0.1) is 0 Å². The monoisotopic (exact) mass is 752 g/mol. The van der Waals surface area contributed by atoms with Crippen LogP contribution in [0.1, 0.15) is 98.2 Å². The van der Waals surface area contributed by atoms with Crippen LogP contribution in [-0.4, -0.2) is 42.3 Å². The molecule has 0 fully saturated rings. The summed E-state index contributed by atoms with van der Waals surface area (Å²) < 4.78 is 6.62. The molecule has 0 saturated carbocycles. The Kier molecular flexibility index (Phi) is 11.9. The zero-order valence-electron chi connectivity index (χ0n) is 26.8. The molecule has 0 radical (unpaired) electrons. The van der Waals surface area contributed by atoms with Crippen LogP contribution in [-0.2, 0) is 0 Å². The number of non-ortho nitro benzene ring substituents is 2. The van der Waals surface area contributed by atoms with Crippen molar-refractivity contribution in [2.45, 2.75) is 71.1 Å². The number of rotatable bonds is 17. The van der Waals surface area contributed by atoms with E-state index >= 15 is 0 Å². The number of carbonyl (C=O) groups is 1. The fourth-order valence-corrected chi connectivity index (χ4v) is 10.0. The summed E-state index contributed by atoms with van der Waals surface area (Å²) in [6, 6.07) is 11.5. The van der Waals surface area contributed by atoms with Gasteiger partial charge < -0.3 is 0 Å². The number of hydrogen-bond donors (Lipinski definition) is 0. The van der Waals surface area contributed by atoms with Crippen molar-refractivity contribution in [1.29, 1.82) is 0 Å². The van der Waals surface area contributed by atoms with E-state index in [1.807, 2.05) is 29.2 Å². The molecule has 3 aromatic carbocycles. The van der Waals surface area contributed by atoms with Gasteiger partial charge in [-0.05, 0) is 0 Å². The number of nitrogens with zero attached hydrogens (tertiary/aromatic N) is 3. The summed E-state index contributed by atoms with van der Waals surface area (Å²) in [6.45, 7) is 2.86. The van der Waals surface area contributed by atoms with Gasteiger partial charge in [-0.25, -0.2) is 0 Å². The van der Waals surface area contributed by atoms with Crippen molar-refractivity contribution in [3.8, 4) is 16.9 Å². The van der Waals surface area contributed by atoms with Gasteiger partial charge in [-0.2, -0.15) is 0 Å². The molecule has 0 amide bonds.